The van der Waals surface area contributed by atoms with E-state index in [1.54, 1.807) is 4.90 Å². The van der Waals surface area contributed by atoms with E-state index in [-0.39, 0.29) is 18.1 Å². The molecule has 0 saturated carbocycles. The van der Waals surface area contributed by atoms with Gasteiger partial charge in [-0.15, -0.1) is 0 Å². The minimum atomic E-state index is -4.55. The van der Waals surface area contributed by atoms with Crippen molar-refractivity contribution in [1.29, 1.82) is 0 Å². The number of carbonyl (C=O) groups excluding carboxylic acids is 1. The molecule has 0 radical (unpaired) electrons. The molecule has 1 unspecified atom stereocenters. The summed E-state index contributed by atoms with van der Waals surface area (Å²) in [6.45, 7) is 3.00. The zero-order valence-corrected chi connectivity index (χ0v) is 16.9. The summed E-state index contributed by atoms with van der Waals surface area (Å²) in [6.07, 6.45) is -3.52. The van der Waals surface area contributed by atoms with E-state index < -0.39 is 30.2 Å². The second-order valence-electron chi connectivity index (χ2n) is 7.37. The van der Waals surface area contributed by atoms with Crippen molar-refractivity contribution < 1.29 is 32.6 Å². The number of carbonyl (C=O) groups is 2. The lowest BCUT2D eigenvalue weighted by Gasteiger charge is -2.28. The van der Waals surface area contributed by atoms with Crippen molar-refractivity contribution >= 4 is 18.0 Å². The maximum Gasteiger partial charge on any atom is 0.416 e. The molecule has 1 aromatic carbocycles. The van der Waals surface area contributed by atoms with Gasteiger partial charge in [-0.25, -0.2) is 9.79 Å². The molecule has 31 heavy (non-hydrogen) atoms. The predicted octanol–water partition coefficient (Wildman–Crippen LogP) is 2.71. The number of ether oxygens (including phenoxy) is 1. The fraction of sp³-hybridized carbons (Fsp3) is 0.550. The number of rotatable bonds is 9. The third-order valence-electron chi connectivity index (χ3n) is 5.19. The van der Waals surface area contributed by atoms with Crippen LogP contribution in [0.1, 0.15) is 36.4 Å². The van der Waals surface area contributed by atoms with Crippen molar-refractivity contribution in [3.8, 4) is 0 Å². The minimum Gasteiger partial charge on any atom is -0.481 e. The number of urea groups is 1. The molecule has 2 aliphatic heterocycles. The molecule has 0 bridgehead atoms. The molecular weight excluding hydrogens is 417 g/mol. The molecule has 1 saturated heterocycles. The number of nitrogens with one attached hydrogen (secondary N) is 1. The average molecular weight is 442 g/mol. The Balaban J connectivity index is 1.59. The van der Waals surface area contributed by atoms with Gasteiger partial charge in [-0.3, -0.25) is 4.79 Å². The molecule has 0 aromatic heterocycles. The Morgan fingerprint density at radius 2 is 2.10 bits per heavy atom. The number of alkyl halides is 3. The lowest BCUT2D eigenvalue weighted by molar-refractivity contribution is -0.138. The number of halogens is 3. The molecule has 2 N–H and O–H groups in total. The normalized spacial score (nSPS) is 17.5. The van der Waals surface area contributed by atoms with E-state index in [4.69, 9.17) is 4.74 Å². The van der Waals surface area contributed by atoms with Gasteiger partial charge < -0.3 is 25.0 Å². The van der Waals surface area contributed by atoms with Crippen molar-refractivity contribution in [3.63, 3.8) is 0 Å². The fourth-order valence-corrected chi connectivity index (χ4v) is 3.66. The zero-order chi connectivity index (χ0) is 22.4. The Kier molecular flexibility index (Phi) is 7.24. The van der Waals surface area contributed by atoms with E-state index >= 15 is 0 Å². The van der Waals surface area contributed by atoms with E-state index in [0.29, 0.717) is 45.2 Å². The summed E-state index contributed by atoms with van der Waals surface area (Å²) in [4.78, 5) is 31.3. The fourth-order valence-electron chi connectivity index (χ4n) is 3.66. The number of carboxylic acids is 1. The molecule has 3 rings (SSSR count). The van der Waals surface area contributed by atoms with Crippen LogP contribution in [-0.4, -0.2) is 72.3 Å². The first-order valence-corrected chi connectivity index (χ1v) is 10.1. The van der Waals surface area contributed by atoms with Crippen molar-refractivity contribution in [1.82, 2.24) is 15.1 Å². The molecule has 1 atom stereocenters. The Morgan fingerprint density at radius 3 is 2.77 bits per heavy atom. The van der Waals surface area contributed by atoms with Gasteiger partial charge in [0.1, 0.15) is 6.61 Å². The van der Waals surface area contributed by atoms with Crippen LogP contribution in [0.4, 0.5) is 18.0 Å². The van der Waals surface area contributed by atoms with Crippen LogP contribution in [0.25, 0.3) is 0 Å². The Hall–Kier alpha value is -2.98. The summed E-state index contributed by atoms with van der Waals surface area (Å²) in [7, 11) is 0. The molecule has 2 heterocycles. The van der Waals surface area contributed by atoms with Gasteiger partial charge in [-0.05, 0) is 30.5 Å². The van der Waals surface area contributed by atoms with Gasteiger partial charge in [-0.1, -0.05) is 12.1 Å². The number of benzene rings is 1. The van der Waals surface area contributed by atoms with Gasteiger partial charge in [0.05, 0.1) is 24.6 Å². The molecule has 8 nitrogen and oxygen atoms in total. The molecular formula is C20H25F3N4O4. The second-order valence-corrected chi connectivity index (χ2v) is 7.37. The van der Waals surface area contributed by atoms with Gasteiger partial charge in [0, 0.05) is 26.2 Å². The van der Waals surface area contributed by atoms with Crippen LogP contribution < -0.4 is 5.32 Å². The summed E-state index contributed by atoms with van der Waals surface area (Å²) < 4.78 is 44.5. The number of amidine groups is 1. The first kappa shape index (κ1) is 22.7. The maximum atomic E-state index is 13.1. The van der Waals surface area contributed by atoms with E-state index in [1.165, 1.54) is 17.0 Å². The Morgan fingerprint density at radius 1 is 1.29 bits per heavy atom. The topological polar surface area (TPSA) is 94.5 Å². The lowest BCUT2D eigenvalue weighted by Crippen LogP contribution is -2.36. The molecule has 2 aliphatic rings. The number of nitrogens with zero attached hydrogens (tertiary/aromatic N) is 3. The van der Waals surface area contributed by atoms with Gasteiger partial charge in [0.2, 0.25) is 0 Å². The number of hydrogen-bond donors (Lipinski definition) is 2. The number of carboxylic acid groups (broad SMARTS) is 1. The van der Waals surface area contributed by atoms with Crippen LogP contribution in [0.2, 0.25) is 0 Å². The van der Waals surface area contributed by atoms with Crippen molar-refractivity contribution in [2.75, 3.05) is 39.3 Å². The highest BCUT2D eigenvalue weighted by atomic mass is 19.4. The first-order valence-electron chi connectivity index (χ1n) is 10.1. The Labute approximate surface area is 177 Å². The van der Waals surface area contributed by atoms with Gasteiger partial charge in [0.25, 0.3) is 6.02 Å². The van der Waals surface area contributed by atoms with E-state index in [9.17, 15) is 27.9 Å². The predicted molar refractivity (Wildman–Crippen MR) is 106 cm³/mol. The quantitative estimate of drug-likeness (QED) is 0.574. The van der Waals surface area contributed by atoms with Crippen molar-refractivity contribution in [2.45, 2.75) is 31.5 Å². The molecule has 1 fully saturated rings. The molecule has 11 heteroatoms. The van der Waals surface area contributed by atoms with Crippen molar-refractivity contribution in [2.24, 2.45) is 4.99 Å². The number of aliphatic imine (C=N–C) groups is 1. The van der Waals surface area contributed by atoms with Crippen LogP contribution in [0.5, 0.6) is 0 Å². The largest absolute Gasteiger partial charge is 0.481 e. The summed E-state index contributed by atoms with van der Waals surface area (Å²) in [6, 6.07) is 3.71. The number of aliphatic carboxylic acids is 1. The van der Waals surface area contributed by atoms with Crippen LogP contribution in [0, 0.1) is 0 Å². The molecule has 0 aliphatic carbocycles. The highest BCUT2D eigenvalue weighted by molar-refractivity contribution is 5.78. The lowest BCUT2D eigenvalue weighted by atomic mass is 10.00. The van der Waals surface area contributed by atoms with Gasteiger partial charge in [0.15, 0.2) is 0 Å². The number of amides is 2. The first-order chi connectivity index (χ1) is 14.8. The standard InChI is InChI=1S/C20H25F3N4O4/c21-20(22,23)15-5-3-4-14(12-15)16(13-17(28)29)27-10-9-26(19(27)30)8-2-1-6-24-18-25-7-11-31-18/h3-5,12,16H,1-2,6-11,13H2,(H,24,25)(H,28,29). The van der Waals surface area contributed by atoms with Crippen LogP contribution in [0.15, 0.2) is 29.3 Å². The summed E-state index contributed by atoms with van der Waals surface area (Å²) in [5.41, 5.74) is -0.707. The second kappa shape index (κ2) is 9.88. The third-order valence-corrected chi connectivity index (χ3v) is 5.19. The van der Waals surface area contributed by atoms with Crippen LogP contribution in [-0.2, 0) is 15.7 Å². The smallest absolute Gasteiger partial charge is 0.416 e. The van der Waals surface area contributed by atoms with Gasteiger partial charge >= 0.3 is 18.2 Å². The monoisotopic (exact) mass is 442 g/mol. The SMILES string of the molecule is O=C(O)CC(c1cccc(C(F)(F)F)c1)N1CCN(CCCCNC2=NCCO2)C1=O. The Bertz CT molecular complexity index is 831. The van der Waals surface area contributed by atoms with E-state index in [2.05, 4.69) is 10.3 Å². The van der Waals surface area contributed by atoms with E-state index in [1.807, 2.05) is 0 Å². The third kappa shape index (κ3) is 6.02. The number of hydrogen-bond acceptors (Lipinski definition) is 5. The maximum absolute atomic E-state index is 13.1. The molecule has 1 aromatic rings. The minimum absolute atomic E-state index is 0.161. The molecule has 2 amide bonds. The summed E-state index contributed by atoms with van der Waals surface area (Å²) in [5, 5.41) is 12.3. The zero-order valence-electron chi connectivity index (χ0n) is 16.9. The highest BCUT2D eigenvalue weighted by Gasteiger charge is 2.37. The molecule has 0 spiro atoms. The molecule has 170 valence electrons. The van der Waals surface area contributed by atoms with Crippen molar-refractivity contribution in [3.05, 3.63) is 35.4 Å². The highest BCUT2D eigenvalue weighted by Crippen LogP contribution is 2.34. The van der Waals surface area contributed by atoms with Gasteiger partial charge in [-0.2, -0.15) is 13.2 Å². The summed E-state index contributed by atoms with van der Waals surface area (Å²) >= 11 is 0. The average Bonchev–Trinajstić information content (AvgIpc) is 3.35. The van der Waals surface area contributed by atoms with E-state index in [0.717, 1.165) is 18.6 Å². The number of unbranched alkanes of at least 4 members (excludes halogenated alkanes) is 1. The van der Waals surface area contributed by atoms with Crippen LogP contribution in [0.3, 0.4) is 0 Å². The summed E-state index contributed by atoms with van der Waals surface area (Å²) in [5.74, 6) is -1.18. The van der Waals surface area contributed by atoms with Crippen LogP contribution >= 0.6 is 0 Å².